The van der Waals surface area contributed by atoms with Gasteiger partial charge in [0.1, 0.15) is 18.1 Å². The molecule has 8 nitrogen and oxygen atoms in total. The lowest BCUT2D eigenvalue weighted by Gasteiger charge is -2.24. The van der Waals surface area contributed by atoms with E-state index in [4.69, 9.17) is 4.74 Å². The number of methoxy groups -OCH3 is 1. The van der Waals surface area contributed by atoms with E-state index in [1.54, 1.807) is 42.6 Å². The van der Waals surface area contributed by atoms with Crippen molar-refractivity contribution in [2.45, 2.75) is 43.9 Å². The van der Waals surface area contributed by atoms with E-state index < -0.39 is 6.04 Å². The lowest BCUT2D eigenvalue weighted by molar-refractivity contribution is -0.134. The number of hydrogen-bond acceptors (Lipinski definition) is 6. The summed E-state index contributed by atoms with van der Waals surface area (Å²) in [7, 11) is 1.59. The number of aromatic nitrogens is 3. The van der Waals surface area contributed by atoms with Gasteiger partial charge in [0, 0.05) is 18.3 Å². The highest BCUT2D eigenvalue weighted by atomic mass is 32.2. The minimum absolute atomic E-state index is 0.0595. The van der Waals surface area contributed by atoms with Gasteiger partial charge in [-0.05, 0) is 51.0 Å². The van der Waals surface area contributed by atoms with Crippen LogP contribution in [0.15, 0.2) is 35.7 Å². The van der Waals surface area contributed by atoms with Crippen LogP contribution >= 0.6 is 11.8 Å². The van der Waals surface area contributed by atoms with Crippen LogP contribution in [0, 0.1) is 0 Å². The molecule has 9 heteroatoms. The Morgan fingerprint density at radius 3 is 2.75 bits per heavy atom. The molecule has 1 aromatic carbocycles. The van der Waals surface area contributed by atoms with Gasteiger partial charge in [0.25, 0.3) is 0 Å². The predicted octanol–water partition coefficient (Wildman–Crippen LogP) is 2.59. The van der Waals surface area contributed by atoms with Crippen LogP contribution in [0.25, 0.3) is 0 Å². The van der Waals surface area contributed by atoms with Crippen molar-refractivity contribution in [2.75, 3.05) is 24.7 Å². The number of ether oxygens (including phenoxy) is 1. The van der Waals surface area contributed by atoms with Crippen LogP contribution in [0.2, 0.25) is 0 Å². The number of nitrogens with one attached hydrogen (secondary N) is 1. The highest BCUT2D eigenvalue weighted by molar-refractivity contribution is 7.99. The molecule has 1 aliphatic heterocycles. The van der Waals surface area contributed by atoms with Crippen molar-refractivity contribution in [1.29, 1.82) is 0 Å². The van der Waals surface area contributed by atoms with Gasteiger partial charge in [0.05, 0.1) is 12.9 Å². The summed E-state index contributed by atoms with van der Waals surface area (Å²) in [5.74, 6) is 0.738. The largest absolute Gasteiger partial charge is 0.497 e. The maximum Gasteiger partial charge on any atom is 0.247 e. The minimum Gasteiger partial charge on any atom is -0.497 e. The van der Waals surface area contributed by atoms with Crippen molar-refractivity contribution >= 4 is 29.3 Å². The van der Waals surface area contributed by atoms with Crippen molar-refractivity contribution in [3.63, 3.8) is 0 Å². The molecule has 0 spiro atoms. The maximum atomic E-state index is 12.7. The normalized spacial score (nSPS) is 16.4. The number of likely N-dealkylation sites (tertiary alicyclic amines) is 1. The highest BCUT2D eigenvalue weighted by Crippen LogP contribution is 2.24. The van der Waals surface area contributed by atoms with Gasteiger partial charge in [0.15, 0.2) is 5.16 Å². The summed E-state index contributed by atoms with van der Waals surface area (Å²) in [5, 5.41) is 11.6. The number of anilines is 1. The standard InChI is InChI=1S/C19H25N5O3S/c1-13(2)24-12-20-22-19(24)28-11-17(25)23-10-4-5-16(23)18(26)21-14-6-8-15(27-3)9-7-14/h6-9,12-13,16H,4-5,10-11H2,1-3H3,(H,21,26). The second-order valence-electron chi connectivity index (χ2n) is 6.87. The van der Waals surface area contributed by atoms with Crippen LogP contribution < -0.4 is 10.1 Å². The van der Waals surface area contributed by atoms with Crippen molar-refractivity contribution in [1.82, 2.24) is 19.7 Å². The average molecular weight is 404 g/mol. The number of carbonyl (C=O) groups is 2. The molecule has 2 aromatic rings. The van der Waals surface area contributed by atoms with Crippen LogP contribution in [0.4, 0.5) is 5.69 Å². The number of rotatable bonds is 7. The molecule has 2 amide bonds. The smallest absolute Gasteiger partial charge is 0.247 e. The summed E-state index contributed by atoms with van der Waals surface area (Å²) in [6, 6.07) is 6.92. The highest BCUT2D eigenvalue weighted by Gasteiger charge is 2.34. The fourth-order valence-electron chi connectivity index (χ4n) is 3.14. The van der Waals surface area contributed by atoms with Crippen LogP contribution in [0.1, 0.15) is 32.7 Å². The zero-order valence-corrected chi connectivity index (χ0v) is 17.1. The first-order chi connectivity index (χ1) is 13.5. The summed E-state index contributed by atoms with van der Waals surface area (Å²) >= 11 is 1.35. The molecule has 1 N–H and O–H groups in total. The topological polar surface area (TPSA) is 89.3 Å². The summed E-state index contributed by atoms with van der Waals surface area (Å²) in [6.45, 7) is 4.67. The molecule has 28 heavy (non-hydrogen) atoms. The first-order valence-electron chi connectivity index (χ1n) is 9.26. The van der Waals surface area contributed by atoms with E-state index >= 15 is 0 Å². The molecule has 0 aliphatic carbocycles. The Morgan fingerprint density at radius 1 is 1.32 bits per heavy atom. The van der Waals surface area contributed by atoms with E-state index in [1.807, 2.05) is 18.4 Å². The van der Waals surface area contributed by atoms with Gasteiger partial charge in [-0.3, -0.25) is 9.59 Å². The molecule has 0 bridgehead atoms. The van der Waals surface area contributed by atoms with E-state index in [0.717, 1.165) is 12.2 Å². The summed E-state index contributed by atoms with van der Waals surface area (Å²) in [4.78, 5) is 27.1. The molecule has 150 valence electrons. The number of benzene rings is 1. The van der Waals surface area contributed by atoms with Crippen LogP contribution in [-0.4, -0.2) is 56.9 Å². The molecule has 3 rings (SSSR count). The quantitative estimate of drug-likeness (QED) is 0.715. The molecule has 1 unspecified atom stereocenters. The Morgan fingerprint density at radius 2 is 2.07 bits per heavy atom. The molecule has 1 saturated heterocycles. The van der Waals surface area contributed by atoms with E-state index in [2.05, 4.69) is 15.5 Å². The number of amides is 2. The first-order valence-corrected chi connectivity index (χ1v) is 10.2. The van der Waals surface area contributed by atoms with Crippen molar-refractivity contribution in [3.8, 4) is 5.75 Å². The fourth-order valence-corrected chi connectivity index (χ4v) is 4.07. The van der Waals surface area contributed by atoms with Crippen LogP contribution in [-0.2, 0) is 9.59 Å². The van der Waals surface area contributed by atoms with Crippen LogP contribution in [0.5, 0.6) is 5.75 Å². The monoisotopic (exact) mass is 403 g/mol. The second-order valence-corrected chi connectivity index (χ2v) is 7.81. The molecule has 0 radical (unpaired) electrons. The molecule has 2 heterocycles. The third kappa shape index (κ3) is 4.64. The Kier molecular flexibility index (Phi) is 6.56. The molecular formula is C19H25N5O3S. The Bertz CT molecular complexity index is 821. The van der Waals surface area contributed by atoms with E-state index in [-0.39, 0.29) is 23.6 Å². The van der Waals surface area contributed by atoms with Gasteiger partial charge in [-0.15, -0.1) is 10.2 Å². The average Bonchev–Trinajstić information content (AvgIpc) is 3.36. The molecule has 0 saturated carbocycles. The van der Waals surface area contributed by atoms with Gasteiger partial charge in [-0.1, -0.05) is 11.8 Å². The third-order valence-electron chi connectivity index (χ3n) is 4.65. The summed E-state index contributed by atoms with van der Waals surface area (Å²) in [5.41, 5.74) is 0.685. The molecular weight excluding hydrogens is 378 g/mol. The van der Waals surface area contributed by atoms with Gasteiger partial charge in [0.2, 0.25) is 11.8 Å². The molecule has 1 aliphatic rings. The van der Waals surface area contributed by atoms with Crippen molar-refractivity contribution < 1.29 is 14.3 Å². The summed E-state index contributed by atoms with van der Waals surface area (Å²) in [6.07, 6.45) is 3.15. The Labute approximate surface area is 168 Å². The second kappa shape index (κ2) is 9.09. The molecule has 1 fully saturated rings. The zero-order valence-electron chi connectivity index (χ0n) is 16.3. The molecule has 1 atom stereocenters. The number of thioether (sulfide) groups is 1. The van der Waals surface area contributed by atoms with Crippen LogP contribution in [0.3, 0.4) is 0 Å². The molecule has 1 aromatic heterocycles. The van der Waals surface area contributed by atoms with Gasteiger partial charge in [-0.2, -0.15) is 0 Å². The number of carbonyl (C=O) groups excluding carboxylic acids is 2. The van der Waals surface area contributed by atoms with Gasteiger partial charge in [-0.25, -0.2) is 0 Å². The fraction of sp³-hybridized carbons (Fsp3) is 0.474. The SMILES string of the molecule is COc1ccc(NC(=O)C2CCCN2C(=O)CSc2nncn2C(C)C)cc1. The first kappa shape index (κ1) is 20.2. The van der Waals surface area contributed by atoms with E-state index in [0.29, 0.717) is 23.8 Å². The van der Waals surface area contributed by atoms with Gasteiger partial charge < -0.3 is 19.5 Å². The zero-order chi connectivity index (χ0) is 20.1. The summed E-state index contributed by atoms with van der Waals surface area (Å²) < 4.78 is 7.05. The predicted molar refractivity (Wildman–Crippen MR) is 107 cm³/mol. The van der Waals surface area contributed by atoms with Gasteiger partial charge >= 0.3 is 0 Å². The Hall–Kier alpha value is -2.55. The third-order valence-corrected chi connectivity index (χ3v) is 5.60. The lowest BCUT2D eigenvalue weighted by Crippen LogP contribution is -2.44. The van der Waals surface area contributed by atoms with E-state index in [9.17, 15) is 9.59 Å². The minimum atomic E-state index is -0.446. The van der Waals surface area contributed by atoms with E-state index in [1.165, 1.54) is 11.8 Å². The lowest BCUT2D eigenvalue weighted by atomic mass is 10.2. The van der Waals surface area contributed by atoms with Crippen molar-refractivity contribution in [2.24, 2.45) is 0 Å². The number of hydrogen-bond donors (Lipinski definition) is 1. The maximum absolute atomic E-state index is 12.7. The number of nitrogens with zero attached hydrogens (tertiary/aromatic N) is 4. The Balaban J connectivity index is 1.58. The van der Waals surface area contributed by atoms with Crippen molar-refractivity contribution in [3.05, 3.63) is 30.6 Å².